The molecule has 2 heteroatoms. The number of hydrogen-bond donors (Lipinski definition) is 1. The molecule has 0 atom stereocenters. The van der Waals surface area contributed by atoms with Crippen LogP contribution in [-0.4, -0.2) is 5.91 Å². The van der Waals surface area contributed by atoms with E-state index in [4.69, 9.17) is 0 Å². The van der Waals surface area contributed by atoms with Crippen LogP contribution in [0.2, 0.25) is 0 Å². The van der Waals surface area contributed by atoms with Gasteiger partial charge in [0.15, 0.2) is 0 Å². The van der Waals surface area contributed by atoms with Gasteiger partial charge in [-0.1, -0.05) is 18.7 Å². The Bertz CT molecular complexity index is 342. The summed E-state index contributed by atoms with van der Waals surface area (Å²) >= 11 is 0. The van der Waals surface area contributed by atoms with Crippen LogP contribution in [0.15, 0.2) is 36.4 Å². The van der Waals surface area contributed by atoms with Crippen molar-refractivity contribution in [2.75, 3.05) is 5.32 Å². The second-order valence-corrected chi connectivity index (χ2v) is 3.10. The maximum Gasteiger partial charge on any atom is 0.250 e. The fraction of sp³-hybridized carbons (Fsp3) is 0.182. The van der Waals surface area contributed by atoms with E-state index in [-0.39, 0.29) is 5.91 Å². The van der Waals surface area contributed by atoms with Gasteiger partial charge >= 0.3 is 0 Å². The minimum atomic E-state index is -0.134. The van der Waals surface area contributed by atoms with Crippen LogP contribution in [0, 0.1) is 6.92 Å². The van der Waals surface area contributed by atoms with Crippen molar-refractivity contribution in [1.29, 1.82) is 0 Å². The molecule has 1 amide bonds. The van der Waals surface area contributed by atoms with Crippen molar-refractivity contribution in [3.8, 4) is 0 Å². The van der Waals surface area contributed by atoms with Crippen LogP contribution in [0.5, 0.6) is 0 Å². The van der Waals surface area contributed by atoms with Crippen LogP contribution >= 0.6 is 0 Å². The van der Waals surface area contributed by atoms with E-state index in [2.05, 4.69) is 11.9 Å². The lowest BCUT2D eigenvalue weighted by molar-refractivity contribution is -0.112. The molecule has 0 heterocycles. The predicted octanol–water partition coefficient (Wildman–Crippen LogP) is 2.51. The zero-order chi connectivity index (χ0) is 9.84. The van der Waals surface area contributed by atoms with Gasteiger partial charge in [0.2, 0.25) is 0 Å². The fourth-order valence-electron chi connectivity index (χ4n) is 0.961. The standard InChI is InChI=1S/C11H13NO/c1-8(2)11(13)12-10-6-4-5-9(3)7-10/h4-7H,1H2,2-3H3,(H,12,13). The van der Waals surface area contributed by atoms with Crippen LogP contribution < -0.4 is 5.32 Å². The second kappa shape index (κ2) is 3.90. The first-order valence-corrected chi connectivity index (χ1v) is 4.13. The molecule has 13 heavy (non-hydrogen) atoms. The van der Waals surface area contributed by atoms with Gasteiger partial charge in [-0.2, -0.15) is 0 Å². The molecule has 1 aromatic carbocycles. The Labute approximate surface area is 78.3 Å². The van der Waals surface area contributed by atoms with Gasteiger partial charge in [-0.25, -0.2) is 0 Å². The molecule has 1 rings (SSSR count). The molecule has 1 N–H and O–H groups in total. The van der Waals surface area contributed by atoms with E-state index in [1.807, 2.05) is 31.2 Å². The number of benzene rings is 1. The quantitative estimate of drug-likeness (QED) is 0.687. The van der Waals surface area contributed by atoms with Crippen molar-refractivity contribution in [3.05, 3.63) is 42.0 Å². The van der Waals surface area contributed by atoms with Gasteiger partial charge < -0.3 is 5.32 Å². The molecule has 0 spiro atoms. The highest BCUT2D eigenvalue weighted by atomic mass is 16.1. The van der Waals surface area contributed by atoms with Crippen LogP contribution in [0.25, 0.3) is 0 Å². The van der Waals surface area contributed by atoms with E-state index in [0.29, 0.717) is 5.57 Å². The smallest absolute Gasteiger partial charge is 0.250 e. The highest BCUT2D eigenvalue weighted by Crippen LogP contribution is 2.10. The summed E-state index contributed by atoms with van der Waals surface area (Å²) in [4.78, 5) is 11.2. The fourth-order valence-corrected chi connectivity index (χ4v) is 0.961. The minimum Gasteiger partial charge on any atom is -0.322 e. The Kier molecular flexibility index (Phi) is 2.85. The van der Waals surface area contributed by atoms with Gasteiger partial charge in [0.1, 0.15) is 0 Å². The predicted molar refractivity (Wildman–Crippen MR) is 54.6 cm³/mol. The van der Waals surface area contributed by atoms with Gasteiger partial charge in [-0.3, -0.25) is 4.79 Å². The summed E-state index contributed by atoms with van der Waals surface area (Å²) in [6.07, 6.45) is 0. The lowest BCUT2D eigenvalue weighted by atomic mass is 10.2. The molecule has 0 bridgehead atoms. The van der Waals surface area contributed by atoms with E-state index < -0.39 is 0 Å². The molecule has 0 aliphatic rings. The Hall–Kier alpha value is -1.57. The molecule has 0 aromatic heterocycles. The zero-order valence-corrected chi connectivity index (χ0v) is 7.92. The number of rotatable bonds is 2. The van der Waals surface area contributed by atoms with Crippen molar-refractivity contribution in [3.63, 3.8) is 0 Å². The van der Waals surface area contributed by atoms with Gasteiger partial charge in [0.25, 0.3) is 5.91 Å². The van der Waals surface area contributed by atoms with E-state index in [1.54, 1.807) is 6.92 Å². The minimum absolute atomic E-state index is 0.134. The Morgan fingerprint density at radius 2 is 2.15 bits per heavy atom. The van der Waals surface area contributed by atoms with E-state index in [1.165, 1.54) is 0 Å². The van der Waals surface area contributed by atoms with Gasteiger partial charge in [-0.15, -0.1) is 0 Å². The molecule has 0 saturated carbocycles. The molecule has 2 nitrogen and oxygen atoms in total. The van der Waals surface area contributed by atoms with Gasteiger partial charge in [0, 0.05) is 11.3 Å². The number of aryl methyl sites for hydroxylation is 1. The van der Waals surface area contributed by atoms with Crippen molar-refractivity contribution in [2.45, 2.75) is 13.8 Å². The number of carbonyl (C=O) groups is 1. The maximum atomic E-state index is 11.2. The highest BCUT2D eigenvalue weighted by molar-refractivity contribution is 6.02. The molecule has 68 valence electrons. The summed E-state index contributed by atoms with van der Waals surface area (Å²) < 4.78 is 0. The summed E-state index contributed by atoms with van der Waals surface area (Å²) in [5.41, 5.74) is 2.45. The van der Waals surface area contributed by atoms with Gasteiger partial charge in [-0.05, 0) is 31.5 Å². The van der Waals surface area contributed by atoms with Crippen molar-refractivity contribution in [1.82, 2.24) is 0 Å². The average molecular weight is 175 g/mol. The summed E-state index contributed by atoms with van der Waals surface area (Å²) in [6.45, 7) is 7.23. The van der Waals surface area contributed by atoms with Crippen LogP contribution in [0.3, 0.4) is 0 Å². The lowest BCUT2D eigenvalue weighted by Crippen LogP contribution is -2.11. The average Bonchev–Trinajstić information content (AvgIpc) is 2.04. The maximum absolute atomic E-state index is 11.2. The molecule has 0 saturated heterocycles. The molecular weight excluding hydrogens is 162 g/mol. The molecule has 0 radical (unpaired) electrons. The molecule has 0 fully saturated rings. The monoisotopic (exact) mass is 175 g/mol. The van der Waals surface area contributed by atoms with Crippen LogP contribution in [-0.2, 0) is 4.79 Å². The number of carbonyl (C=O) groups excluding carboxylic acids is 1. The molecule has 1 aromatic rings. The second-order valence-electron chi connectivity index (χ2n) is 3.10. The molecular formula is C11H13NO. The molecule has 0 unspecified atom stereocenters. The summed E-state index contributed by atoms with van der Waals surface area (Å²) in [7, 11) is 0. The third kappa shape index (κ3) is 2.75. The molecule has 0 aliphatic carbocycles. The number of amides is 1. The number of nitrogens with one attached hydrogen (secondary N) is 1. The Morgan fingerprint density at radius 1 is 1.46 bits per heavy atom. The summed E-state index contributed by atoms with van der Waals surface area (Å²) in [5.74, 6) is -0.134. The van der Waals surface area contributed by atoms with Crippen LogP contribution in [0.4, 0.5) is 5.69 Å². The van der Waals surface area contributed by atoms with E-state index >= 15 is 0 Å². The Morgan fingerprint density at radius 3 is 2.69 bits per heavy atom. The molecule has 0 aliphatic heterocycles. The van der Waals surface area contributed by atoms with Crippen LogP contribution in [0.1, 0.15) is 12.5 Å². The number of anilines is 1. The summed E-state index contributed by atoms with van der Waals surface area (Å²) in [6, 6.07) is 7.66. The first kappa shape index (κ1) is 9.52. The third-order valence-corrected chi connectivity index (χ3v) is 1.66. The number of hydrogen-bond acceptors (Lipinski definition) is 1. The Balaban J connectivity index is 2.75. The van der Waals surface area contributed by atoms with Crippen molar-refractivity contribution in [2.24, 2.45) is 0 Å². The van der Waals surface area contributed by atoms with Crippen molar-refractivity contribution >= 4 is 11.6 Å². The lowest BCUT2D eigenvalue weighted by Gasteiger charge is -2.04. The zero-order valence-electron chi connectivity index (χ0n) is 7.92. The first-order chi connectivity index (χ1) is 6.09. The summed E-state index contributed by atoms with van der Waals surface area (Å²) in [5, 5.41) is 2.74. The van der Waals surface area contributed by atoms with E-state index in [0.717, 1.165) is 11.3 Å². The topological polar surface area (TPSA) is 29.1 Å². The third-order valence-electron chi connectivity index (χ3n) is 1.66. The largest absolute Gasteiger partial charge is 0.322 e. The SMILES string of the molecule is C=C(C)C(=O)Nc1cccc(C)c1. The highest BCUT2D eigenvalue weighted by Gasteiger charge is 2.01. The van der Waals surface area contributed by atoms with E-state index in [9.17, 15) is 4.79 Å². The van der Waals surface area contributed by atoms with Crippen molar-refractivity contribution < 1.29 is 4.79 Å². The van der Waals surface area contributed by atoms with Gasteiger partial charge in [0.05, 0.1) is 0 Å². The first-order valence-electron chi connectivity index (χ1n) is 4.13. The normalized spacial score (nSPS) is 9.38.